The van der Waals surface area contributed by atoms with Crippen LogP contribution in [0.4, 0.5) is 5.69 Å². The van der Waals surface area contributed by atoms with E-state index in [1.807, 2.05) is 18.2 Å². The molecule has 1 aliphatic heterocycles. The molecular weight excluding hydrogens is 150 g/mol. The van der Waals surface area contributed by atoms with Crippen LogP contribution in [0.15, 0.2) is 24.3 Å². The van der Waals surface area contributed by atoms with Crippen molar-refractivity contribution in [2.45, 2.75) is 19.4 Å². The van der Waals surface area contributed by atoms with Crippen LogP contribution in [-0.4, -0.2) is 12.1 Å². The zero-order chi connectivity index (χ0) is 8.60. The Balaban J connectivity index is 2.35. The molecule has 1 aromatic carbocycles. The maximum Gasteiger partial charge on any atom is 0.180 e. The van der Waals surface area contributed by atoms with E-state index in [1.54, 1.807) is 0 Å². The first kappa shape index (κ1) is 7.62. The Morgan fingerprint density at radius 2 is 2.08 bits per heavy atom. The number of rotatable bonds is 0. The van der Waals surface area contributed by atoms with Gasteiger partial charge < -0.3 is 10.1 Å². The minimum Gasteiger partial charge on any atom is -0.476 e. The number of benzene rings is 1. The molecule has 0 bridgehead atoms. The van der Waals surface area contributed by atoms with Gasteiger partial charge in [-0.1, -0.05) is 12.1 Å². The Kier molecular flexibility index (Phi) is 1.58. The van der Waals surface area contributed by atoms with E-state index in [4.69, 9.17) is 4.74 Å². The molecule has 1 aromatic rings. The Bertz CT molecular complexity index is 294. The molecule has 0 spiro atoms. The molecule has 0 radical (unpaired) electrons. The second-order valence-corrected chi connectivity index (χ2v) is 3.81. The van der Waals surface area contributed by atoms with Crippen LogP contribution >= 0.6 is 0 Å². The molecule has 0 unspecified atom stereocenters. The Hall–Kier alpha value is -1.02. The lowest BCUT2D eigenvalue weighted by Gasteiger charge is -2.29. The topological polar surface area (TPSA) is 25.8 Å². The van der Waals surface area contributed by atoms with Gasteiger partial charge in [0.25, 0.3) is 0 Å². The average Bonchev–Trinajstić information content (AvgIpc) is 2.02. The summed E-state index contributed by atoms with van der Waals surface area (Å²) in [4.78, 5) is 0. The van der Waals surface area contributed by atoms with Crippen molar-refractivity contribution in [1.29, 1.82) is 0 Å². The maximum atomic E-state index is 5.79. The molecule has 2 N–H and O–H groups in total. The fourth-order valence-corrected chi connectivity index (χ4v) is 1.44. The number of hydrogen-bond donors (Lipinski definition) is 1. The first-order valence-electron chi connectivity index (χ1n) is 4.29. The predicted octanol–water partition coefficient (Wildman–Crippen LogP) is 1.05. The van der Waals surface area contributed by atoms with E-state index in [0.717, 1.165) is 12.3 Å². The van der Waals surface area contributed by atoms with E-state index in [2.05, 4.69) is 25.2 Å². The van der Waals surface area contributed by atoms with Crippen molar-refractivity contribution in [3.05, 3.63) is 24.3 Å². The van der Waals surface area contributed by atoms with Crippen molar-refractivity contribution in [2.24, 2.45) is 0 Å². The third-order valence-corrected chi connectivity index (χ3v) is 2.12. The smallest absolute Gasteiger partial charge is 0.180 e. The fraction of sp³-hybridized carbons (Fsp3) is 0.400. The minimum absolute atomic E-state index is 0.0334. The molecule has 2 nitrogen and oxygen atoms in total. The van der Waals surface area contributed by atoms with Gasteiger partial charge in [0.2, 0.25) is 0 Å². The second kappa shape index (κ2) is 2.49. The van der Waals surface area contributed by atoms with E-state index in [1.165, 1.54) is 5.69 Å². The SMILES string of the molecule is CC1(C)C[NH2+]c2ccccc2O1. The van der Waals surface area contributed by atoms with Gasteiger partial charge in [-0.25, -0.2) is 0 Å². The Morgan fingerprint density at radius 3 is 2.92 bits per heavy atom. The number of hydrogen-bond acceptors (Lipinski definition) is 1. The Labute approximate surface area is 72.5 Å². The molecule has 12 heavy (non-hydrogen) atoms. The summed E-state index contributed by atoms with van der Waals surface area (Å²) in [5.41, 5.74) is 1.19. The van der Waals surface area contributed by atoms with E-state index >= 15 is 0 Å². The highest BCUT2D eigenvalue weighted by atomic mass is 16.5. The van der Waals surface area contributed by atoms with Gasteiger partial charge in [0, 0.05) is 6.07 Å². The lowest BCUT2D eigenvalue weighted by atomic mass is 10.1. The molecule has 0 aromatic heterocycles. The molecule has 1 aliphatic rings. The highest BCUT2D eigenvalue weighted by molar-refractivity contribution is 5.45. The molecule has 64 valence electrons. The van der Waals surface area contributed by atoms with Gasteiger partial charge in [-0.2, -0.15) is 0 Å². The summed E-state index contributed by atoms with van der Waals surface area (Å²) in [6.07, 6.45) is 0. The van der Waals surface area contributed by atoms with Crippen LogP contribution in [0.25, 0.3) is 0 Å². The van der Waals surface area contributed by atoms with E-state index in [9.17, 15) is 0 Å². The summed E-state index contributed by atoms with van der Waals surface area (Å²) < 4.78 is 5.79. The van der Waals surface area contributed by atoms with Crippen LogP contribution < -0.4 is 10.1 Å². The normalized spacial score (nSPS) is 19.5. The zero-order valence-electron chi connectivity index (χ0n) is 7.50. The van der Waals surface area contributed by atoms with Crippen LogP contribution in [0.2, 0.25) is 0 Å². The van der Waals surface area contributed by atoms with Crippen LogP contribution in [0.3, 0.4) is 0 Å². The standard InChI is InChI=1S/C10H13NO/c1-10(2)7-11-8-5-3-4-6-9(8)12-10/h3-6,11H,7H2,1-2H3/p+1. The van der Waals surface area contributed by atoms with E-state index < -0.39 is 0 Å². The fourth-order valence-electron chi connectivity index (χ4n) is 1.44. The summed E-state index contributed by atoms with van der Waals surface area (Å²) >= 11 is 0. The molecule has 0 saturated heterocycles. The lowest BCUT2D eigenvalue weighted by molar-refractivity contribution is -0.593. The quantitative estimate of drug-likeness (QED) is 0.570. The van der Waals surface area contributed by atoms with Crippen molar-refractivity contribution in [2.75, 3.05) is 6.54 Å². The molecule has 2 rings (SSSR count). The first-order valence-corrected chi connectivity index (χ1v) is 4.29. The van der Waals surface area contributed by atoms with Crippen molar-refractivity contribution < 1.29 is 10.1 Å². The molecule has 0 aliphatic carbocycles. The number of nitrogens with two attached hydrogens (primary N) is 1. The Morgan fingerprint density at radius 1 is 1.33 bits per heavy atom. The van der Waals surface area contributed by atoms with E-state index in [-0.39, 0.29) is 5.60 Å². The molecule has 0 saturated carbocycles. The summed E-state index contributed by atoms with van der Waals surface area (Å²) in [6.45, 7) is 5.21. The largest absolute Gasteiger partial charge is 0.476 e. The number of quaternary nitrogens is 1. The van der Waals surface area contributed by atoms with Gasteiger partial charge in [-0.05, 0) is 19.9 Å². The number of ether oxygens (including phenoxy) is 1. The first-order chi connectivity index (χ1) is 5.67. The van der Waals surface area contributed by atoms with Crippen molar-refractivity contribution in [3.63, 3.8) is 0 Å². The predicted molar refractivity (Wildman–Crippen MR) is 47.6 cm³/mol. The third-order valence-electron chi connectivity index (χ3n) is 2.12. The number of fused-ring (bicyclic) bond motifs is 1. The summed E-state index contributed by atoms with van der Waals surface area (Å²) in [5.74, 6) is 1.01. The summed E-state index contributed by atoms with van der Waals surface area (Å²) in [5, 5.41) is 2.23. The van der Waals surface area contributed by atoms with E-state index in [0.29, 0.717) is 0 Å². The highest BCUT2D eigenvalue weighted by Gasteiger charge is 2.29. The van der Waals surface area contributed by atoms with Gasteiger partial charge in [-0.15, -0.1) is 0 Å². The van der Waals surface area contributed by atoms with Gasteiger partial charge in [0.1, 0.15) is 6.54 Å². The zero-order valence-corrected chi connectivity index (χ0v) is 7.50. The lowest BCUT2D eigenvalue weighted by Crippen LogP contribution is -2.84. The van der Waals surface area contributed by atoms with Crippen molar-refractivity contribution in [3.8, 4) is 5.75 Å². The second-order valence-electron chi connectivity index (χ2n) is 3.81. The average molecular weight is 164 g/mol. The molecule has 0 amide bonds. The highest BCUT2D eigenvalue weighted by Crippen LogP contribution is 2.26. The summed E-state index contributed by atoms with van der Waals surface area (Å²) in [6, 6.07) is 8.16. The number of para-hydroxylation sites is 2. The van der Waals surface area contributed by atoms with Gasteiger partial charge in [0.15, 0.2) is 17.0 Å². The third kappa shape index (κ3) is 1.30. The van der Waals surface area contributed by atoms with Crippen molar-refractivity contribution in [1.82, 2.24) is 0 Å². The molecule has 2 heteroatoms. The molecular formula is C10H14NO+. The molecule has 1 heterocycles. The monoisotopic (exact) mass is 164 g/mol. The maximum absolute atomic E-state index is 5.79. The van der Waals surface area contributed by atoms with Crippen LogP contribution in [0.1, 0.15) is 13.8 Å². The molecule has 0 fully saturated rings. The van der Waals surface area contributed by atoms with Crippen LogP contribution in [0, 0.1) is 0 Å². The van der Waals surface area contributed by atoms with Gasteiger partial charge in [-0.3, -0.25) is 0 Å². The molecule has 0 atom stereocenters. The summed E-state index contributed by atoms with van der Waals surface area (Å²) in [7, 11) is 0. The van der Waals surface area contributed by atoms with Gasteiger partial charge in [0.05, 0.1) is 0 Å². The van der Waals surface area contributed by atoms with Crippen molar-refractivity contribution >= 4 is 5.69 Å². The van der Waals surface area contributed by atoms with Crippen LogP contribution in [-0.2, 0) is 0 Å². The minimum atomic E-state index is -0.0334. The van der Waals surface area contributed by atoms with Gasteiger partial charge >= 0.3 is 0 Å². The van der Waals surface area contributed by atoms with Crippen LogP contribution in [0.5, 0.6) is 5.75 Å².